The first-order chi connectivity index (χ1) is 13.6. The zero-order valence-corrected chi connectivity index (χ0v) is 17.9. The van der Waals surface area contributed by atoms with E-state index in [-0.39, 0.29) is 0 Å². The third-order valence-electron chi connectivity index (χ3n) is 5.40. The molecule has 5 heteroatoms. The van der Waals surface area contributed by atoms with Crippen LogP contribution in [0.2, 0.25) is 0 Å². The minimum atomic E-state index is 0.824. The average Bonchev–Trinajstić information content (AvgIpc) is 2.69. The highest BCUT2D eigenvalue weighted by Crippen LogP contribution is 2.25. The van der Waals surface area contributed by atoms with E-state index in [1.165, 1.54) is 18.5 Å². The summed E-state index contributed by atoms with van der Waals surface area (Å²) >= 11 is 0. The maximum atomic E-state index is 4.78. The van der Waals surface area contributed by atoms with Crippen LogP contribution >= 0.6 is 0 Å². The van der Waals surface area contributed by atoms with Gasteiger partial charge >= 0.3 is 0 Å². The Morgan fingerprint density at radius 1 is 1.04 bits per heavy atom. The number of benzene rings is 1. The molecule has 2 heterocycles. The van der Waals surface area contributed by atoms with E-state index in [0.717, 1.165) is 68.1 Å². The molecule has 0 radical (unpaired) electrons. The van der Waals surface area contributed by atoms with Gasteiger partial charge in [0, 0.05) is 49.3 Å². The Morgan fingerprint density at radius 2 is 1.68 bits per heavy atom. The predicted molar refractivity (Wildman–Crippen MR) is 120 cm³/mol. The first kappa shape index (κ1) is 20.4. The summed E-state index contributed by atoms with van der Waals surface area (Å²) in [6, 6.07) is 10.8. The minimum Gasteiger partial charge on any atom is -0.372 e. The number of piperidine rings is 1. The third-order valence-corrected chi connectivity index (χ3v) is 5.40. The topological polar surface area (TPSA) is 44.3 Å². The molecule has 0 unspecified atom stereocenters. The van der Waals surface area contributed by atoms with Gasteiger partial charge in [-0.15, -0.1) is 0 Å². The highest BCUT2D eigenvalue weighted by molar-refractivity contribution is 5.62. The Balaban J connectivity index is 1.70. The van der Waals surface area contributed by atoms with Gasteiger partial charge in [0.25, 0.3) is 0 Å². The lowest BCUT2D eigenvalue weighted by molar-refractivity contribution is 0.438. The quantitative estimate of drug-likeness (QED) is 0.664. The Kier molecular flexibility index (Phi) is 7.12. The minimum absolute atomic E-state index is 0.824. The smallest absolute Gasteiger partial charge is 0.227 e. The summed E-state index contributed by atoms with van der Waals surface area (Å²) in [5.41, 5.74) is 3.37. The second kappa shape index (κ2) is 9.76. The first-order valence-corrected chi connectivity index (χ1v) is 10.8. The van der Waals surface area contributed by atoms with Gasteiger partial charge in [-0.1, -0.05) is 20.8 Å². The van der Waals surface area contributed by atoms with Gasteiger partial charge in [0.05, 0.1) is 0 Å². The highest BCUT2D eigenvalue weighted by Gasteiger charge is 2.16. The van der Waals surface area contributed by atoms with Crippen molar-refractivity contribution >= 4 is 23.1 Å². The number of aromatic nitrogens is 2. The van der Waals surface area contributed by atoms with Crippen LogP contribution in [0.3, 0.4) is 0 Å². The lowest BCUT2D eigenvalue weighted by Crippen LogP contribution is -2.32. The molecule has 1 saturated heterocycles. The third kappa shape index (κ3) is 5.37. The second-order valence-electron chi connectivity index (χ2n) is 8.02. The van der Waals surface area contributed by atoms with E-state index in [4.69, 9.17) is 4.98 Å². The standard InChI is InChI=1S/C23H35N5/c1-5-13-28(14-6-2)23-24-19(4)17-22(26-23)25-20-7-9-21(10-8-20)27-15-11-18(3)12-16-27/h7-10,17-18H,5-6,11-16H2,1-4H3,(H,24,25,26). The van der Waals surface area contributed by atoms with Gasteiger partial charge in [-0.3, -0.25) is 0 Å². The van der Waals surface area contributed by atoms with Gasteiger partial charge in [0.1, 0.15) is 5.82 Å². The molecule has 1 aliphatic heterocycles. The fraction of sp³-hybridized carbons (Fsp3) is 0.565. The molecule has 0 atom stereocenters. The summed E-state index contributed by atoms with van der Waals surface area (Å²) in [6.07, 6.45) is 4.76. The van der Waals surface area contributed by atoms with Gasteiger partial charge in [-0.25, -0.2) is 4.98 Å². The van der Waals surface area contributed by atoms with Crippen molar-refractivity contribution in [2.75, 3.05) is 41.3 Å². The van der Waals surface area contributed by atoms with Crippen LogP contribution in [-0.4, -0.2) is 36.1 Å². The number of hydrogen-bond acceptors (Lipinski definition) is 5. The predicted octanol–water partition coefficient (Wildman–Crippen LogP) is 5.39. The van der Waals surface area contributed by atoms with E-state index in [1.54, 1.807) is 0 Å². The van der Waals surface area contributed by atoms with Crippen molar-refractivity contribution in [1.82, 2.24) is 9.97 Å². The summed E-state index contributed by atoms with van der Waals surface area (Å²) in [7, 11) is 0. The fourth-order valence-corrected chi connectivity index (χ4v) is 3.78. The van der Waals surface area contributed by atoms with Gasteiger partial charge in [-0.05, 0) is 62.8 Å². The number of hydrogen-bond donors (Lipinski definition) is 1. The number of aryl methyl sites for hydroxylation is 1. The number of anilines is 4. The molecule has 1 fully saturated rings. The first-order valence-electron chi connectivity index (χ1n) is 10.8. The van der Waals surface area contributed by atoms with Gasteiger partial charge < -0.3 is 15.1 Å². The van der Waals surface area contributed by atoms with E-state index < -0.39 is 0 Å². The van der Waals surface area contributed by atoms with Crippen LogP contribution in [0.25, 0.3) is 0 Å². The molecular weight excluding hydrogens is 346 g/mol. The van der Waals surface area contributed by atoms with Gasteiger partial charge in [0.2, 0.25) is 5.95 Å². The maximum Gasteiger partial charge on any atom is 0.227 e. The zero-order valence-electron chi connectivity index (χ0n) is 17.9. The summed E-state index contributed by atoms with van der Waals surface area (Å²) in [5.74, 6) is 2.54. The van der Waals surface area contributed by atoms with Crippen molar-refractivity contribution in [3.05, 3.63) is 36.0 Å². The average molecular weight is 382 g/mol. The number of rotatable bonds is 8. The van der Waals surface area contributed by atoms with E-state index in [2.05, 4.69) is 65.1 Å². The summed E-state index contributed by atoms with van der Waals surface area (Å²) in [4.78, 5) is 14.2. The molecule has 5 nitrogen and oxygen atoms in total. The largest absolute Gasteiger partial charge is 0.372 e. The van der Waals surface area contributed by atoms with Crippen molar-refractivity contribution in [2.45, 2.75) is 53.4 Å². The number of nitrogens with zero attached hydrogens (tertiary/aromatic N) is 4. The molecule has 0 saturated carbocycles. The van der Waals surface area contributed by atoms with E-state index in [9.17, 15) is 0 Å². The van der Waals surface area contributed by atoms with Gasteiger partial charge in [0.15, 0.2) is 0 Å². The Morgan fingerprint density at radius 3 is 2.29 bits per heavy atom. The van der Waals surface area contributed by atoms with Crippen LogP contribution in [0.1, 0.15) is 52.1 Å². The van der Waals surface area contributed by atoms with Crippen LogP contribution in [0, 0.1) is 12.8 Å². The second-order valence-corrected chi connectivity index (χ2v) is 8.02. The van der Waals surface area contributed by atoms with Crippen molar-refractivity contribution in [2.24, 2.45) is 5.92 Å². The normalized spacial score (nSPS) is 14.9. The monoisotopic (exact) mass is 381 g/mol. The van der Waals surface area contributed by atoms with Crippen LogP contribution in [-0.2, 0) is 0 Å². The van der Waals surface area contributed by atoms with Crippen LogP contribution in [0.5, 0.6) is 0 Å². The Hall–Kier alpha value is -2.30. The van der Waals surface area contributed by atoms with E-state index >= 15 is 0 Å². The highest BCUT2D eigenvalue weighted by atomic mass is 15.3. The fourth-order valence-electron chi connectivity index (χ4n) is 3.78. The lowest BCUT2D eigenvalue weighted by Gasteiger charge is -2.32. The van der Waals surface area contributed by atoms with Crippen molar-refractivity contribution in [3.8, 4) is 0 Å². The van der Waals surface area contributed by atoms with Crippen LogP contribution in [0.4, 0.5) is 23.1 Å². The molecule has 0 aliphatic carbocycles. The number of nitrogens with one attached hydrogen (secondary N) is 1. The molecule has 0 bridgehead atoms. The molecule has 1 aromatic heterocycles. The molecule has 28 heavy (non-hydrogen) atoms. The Bertz CT molecular complexity index is 729. The SMILES string of the molecule is CCCN(CCC)c1nc(C)cc(Nc2ccc(N3CCC(C)CC3)cc2)n1. The zero-order chi connectivity index (χ0) is 19.9. The van der Waals surface area contributed by atoms with Crippen molar-refractivity contribution in [3.63, 3.8) is 0 Å². The van der Waals surface area contributed by atoms with Crippen LogP contribution < -0.4 is 15.1 Å². The molecule has 1 aromatic carbocycles. The van der Waals surface area contributed by atoms with Crippen molar-refractivity contribution < 1.29 is 0 Å². The summed E-state index contributed by atoms with van der Waals surface area (Å²) in [5, 5.41) is 3.47. The van der Waals surface area contributed by atoms with Crippen molar-refractivity contribution in [1.29, 1.82) is 0 Å². The summed E-state index contributed by atoms with van der Waals surface area (Å²) < 4.78 is 0. The molecule has 2 aromatic rings. The van der Waals surface area contributed by atoms with E-state index in [0.29, 0.717) is 0 Å². The molecule has 1 aliphatic rings. The molecule has 0 amide bonds. The van der Waals surface area contributed by atoms with Gasteiger partial charge in [-0.2, -0.15) is 4.98 Å². The maximum absolute atomic E-state index is 4.78. The summed E-state index contributed by atoms with van der Waals surface area (Å²) in [6.45, 7) is 13.1. The molecule has 1 N–H and O–H groups in total. The molecule has 3 rings (SSSR count). The van der Waals surface area contributed by atoms with E-state index in [1.807, 2.05) is 13.0 Å². The molecule has 152 valence electrons. The molecular formula is C23H35N5. The molecule has 0 spiro atoms. The van der Waals surface area contributed by atoms with Crippen LogP contribution in [0.15, 0.2) is 30.3 Å². The Labute approximate surface area is 170 Å². The lowest BCUT2D eigenvalue weighted by atomic mass is 9.99.